The van der Waals surface area contributed by atoms with E-state index in [1.807, 2.05) is 38.2 Å². The van der Waals surface area contributed by atoms with E-state index in [-0.39, 0.29) is 11.6 Å². The Morgan fingerprint density at radius 2 is 1.48 bits per heavy atom. The average Bonchev–Trinajstić information content (AvgIpc) is 3.49. The van der Waals surface area contributed by atoms with Gasteiger partial charge in [0, 0.05) is 34.5 Å². The highest BCUT2D eigenvalue weighted by atomic mass is 19.1. The third-order valence-corrected chi connectivity index (χ3v) is 6.58. The fourth-order valence-electron chi connectivity index (χ4n) is 4.30. The lowest BCUT2D eigenvalue weighted by Crippen LogP contribution is -2.03. The van der Waals surface area contributed by atoms with Gasteiger partial charge in [0.2, 0.25) is 0 Å². The van der Waals surface area contributed by atoms with Crippen molar-refractivity contribution in [1.29, 1.82) is 0 Å². The number of nitrogens with zero attached hydrogens (tertiary/aromatic N) is 2. The van der Waals surface area contributed by atoms with Crippen LogP contribution in [0.1, 0.15) is 27.2 Å². The van der Waals surface area contributed by atoms with E-state index < -0.39 is 0 Å². The standard InChI is InChI=1S/C22H17FN2O2.C8H8N2O.C7H7F/c1-24-12-19-9-17-8-16(21-7-2-14(13-26)11-25-21)10-20(22(17)27-19)15-3-5-18(23)6-4-15;9-8-4-3-7(6-10-8)2-1-5-11;1-6-2-4-7(8)5-3-6/h2-11,13,24H,12H2,1H3;1-6H,(H2,9,10);2-5H,1H3/b;2-1+;. The highest BCUT2D eigenvalue weighted by molar-refractivity contribution is 5.96. The molecular weight excluding hydrogens is 586 g/mol. The molecule has 9 heteroatoms. The average molecular weight is 619 g/mol. The number of pyridine rings is 2. The lowest BCUT2D eigenvalue weighted by Gasteiger charge is -2.07. The largest absolute Gasteiger partial charge is 0.459 e. The van der Waals surface area contributed by atoms with Gasteiger partial charge in [0.1, 0.15) is 35.1 Å². The van der Waals surface area contributed by atoms with Crippen LogP contribution in [0.15, 0.2) is 114 Å². The first-order valence-corrected chi connectivity index (χ1v) is 14.2. The second-order valence-corrected chi connectivity index (χ2v) is 10.1. The molecule has 0 atom stereocenters. The van der Waals surface area contributed by atoms with Crippen molar-refractivity contribution in [3.63, 3.8) is 0 Å². The van der Waals surface area contributed by atoms with Gasteiger partial charge in [-0.15, -0.1) is 0 Å². The van der Waals surface area contributed by atoms with Gasteiger partial charge in [0.05, 0.1) is 12.2 Å². The fourth-order valence-corrected chi connectivity index (χ4v) is 4.30. The van der Waals surface area contributed by atoms with Gasteiger partial charge in [-0.05, 0) is 97.9 Å². The van der Waals surface area contributed by atoms with Crippen molar-refractivity contribution in [2.75, 3.05) is 12.8 Å². The summed E-state index contributed by atoms with van der Waals surface area (Å²) in [6.07, 6.45) is 7.72. The molecule has 0 radical (unpaired) electrons. The van der Waals surface area contributed by atoms with Crippen molar-refractivity contribution in [3.8, 4) is 22.4 Å². The third kappa shape index (κ3) is 9.35. The number of aldehydes is 2. The summed E-state index contributed by atoms with van der Waals surface area (Å²) in [4.78, 5) is 29.0. The van der Waals surface area contributed by atoms with E-state index in [0.29, 0.717) is 17.9 Å². The molecule has 3 aromatic carbocycles. The minimum absolute atomic E-state index is 0.171. The quantitative estimate of drug-likeness (QED) is 0.138. The molecular formula is C37H32F2N4O3. The van der Waals surface area contributed by atoms with Crippen LogP contribution >= 0.6 is 0 Å². The maximum atomic E-state index is 13.4. The molecule has 6 rings (SSSR count). The number of nitrogens with two attached hydrogens (primary N) is 1. The Balaban J connectivity index is 0.000000206. The molecule has 3 heterocycles. The van der Waals surface area contributed by atoms with Crippen LogP contribution in [-0.4, -0.2) is 29.6 Å². The molecule has 6 aromatic rings. The molecule has 3 N–H and O–H groups in total. The van der Waals surface area contributed by atoms with Crippen molar-refractivity contribution >= 4 is 35.4 Å². The number of carbonyl (C=O) groups excluding carboxylic acids is 2. The van der Waals surface area contributed by atoms with Crippen molar-refractivity contribution in [2.24, 2.45) is 0 Å². The van der Waals surface area contributed by atoms with E-state index in [0.717, 1.165) is 62.8 Å². The van der Waals surface area contributed by atoms with Crippen LogP contribution in [0.4, 0.5) is 14.6 Å². The van der Waals surface area contributed by atoms with Crippen molar-refractivity contribution in [2.45, 2.75) is 13.5 Å². The Morgan fingerprint density at radius 1 is 0.804 bits per heavy atom. The van der Waals surface area contributed by atoms with Crippen LogP contribution in [-0.2, 0) is 11.3 Å². The lowest BCUT2D eigenvalue weighted by atomic mass is 9.98. The first-order chi connectivity index (χ1) is 22.3. The number of anilines is 1. The Kier molecular flexibility index (Phi) is 11.7. The minimum Gasteiger partial charge on any atom is -0.459 e. The number of furan rings is 1. The molecule has 0 amide bonds. The van der Waals surface area contributed by atoms with Crippen molar-refractivity contribution in [3.05, 3.63) is 144 Å². The molecule has 3 aromatic heterocycles. The second kappa shape index (κ2) is 16.3. The monoisotopic (exact) mass is 618 g/mol. The molecule has 0 saturated heterocycles. The summed E-state index contributed by atoms with van der Waals surface area (Å²) in [5.41, 5.74) is 12.0. The van der Waals surface area contributed by atoms with E-state index >= 15 is 0 Å². The number of aryl methyl sites for hydroxylation is 1. The second-order valence-electron chi connectivity index (χ2n) is 10.1. The highest BCUT2D eigenvalue weighted by Crippen LogP contribution is 2.35. The number of nitrogen functional groups attached to an aromatic ring is 1. The van der Waals surface area contributed by atoms with Crippen LogP contribution in [0.25, 0.3) is 39.4 Å². The van der Waals surface area contributed by atoms with Gasteiger partial charge in [-0.25, -0.2) is 13.8 Å². The normalized spacial score (nSPS) is 10.5. The van der Waals surface area contributed by atoms with Gasteiger partial charge in [0.15, 0.2) is 6.29 Å². The Bertz CT molecular complexity index is 1880. The summed E-state index contributed by atoms with van der Waals surface area (Å²) in [5, 5.41) is 4.02. The number of rotatable bonds is 7. The summed E-state index contributed by atoms with van der Waals surface area (Å²) in [5.74, 6) is 0.841. The molecule has 0 fully saturated rings. The fraction of sp³-hybridized carbons (Fsp3) is 0.0811. The number of aromatic nitrogens is 2. The number of carbonyl (C=O) groups is 2. The number of fused-ring (bicyclic) bond motifs is 1. The minimum atomic E-state index is -0.285. The third-order valence-electron chi connectivity index (χ3n) is 6.58. The molecule has 0 saturated carbocycles. The van der Waals surface area contributed by atoms with Crippen LogP contribution < -0.4 is 11.1 Å². The molecule has 46 heavy (non-hydrogen) atoms. The van der Waals surface area contributed by atoms with E-state index in [2.05, 4.69) is 15.3 Å². The first kappa shape index (κ1) is 33.1. The van der Waals surface area contributed by atoms with Gasteiger partial charge in [0.25, 0.3) is 0 Å². The summed E-state index contributed by atoms with van der Waals surface area (Å²) in [6, 6.07) is 25.7. The number of hydrogen-bond acceptors (Lipinski definition) is 7. The van der Waals surface area contributed by atoms with Gasteiger partial charge in [-0.3, -0.25) is 14.6 Å². The summed E-state index contributed by atoms with van der Waals surface area (Å²) in [7, 11) is 1.86. The predicted molar refractivity (Wildman–Crippen MR) is 178 cm³/mol. The predicted octanol–water partition coefficient (Wildman–Crippen LogP) is 7.84. The summed E-state index contributed by atoms with van der Waals surface area (Å²) < 4.78 is 31.5. The molecule has 7 nitrogen and oxygen atoms in total. The molecule has 0 aliphatic heterocycles. The highest BCUT2D eigenvalue weighted by Gasteiger charge is 2.14. The molecule has 0 unspecified atom stereocenters. The number of nitrogens with one attached hydrogen (secondary N) is 1. The molecule has 0 aliphatic carbocycles. The molecule has 232 valence electrons. The van der Waals surface area contributed by atoms with Gasteiger partial charge in [-0.1, -0.05) is 35.9 Å². The lowest BCUT2D eigenvalue weighted by molar-refractivity contribution is -0.104. The Morgan fingerprint density at radius 3 is 2.04 bits per heavy atom. The number of allylic oxidation sites excluding steroid dienone is 1. The van der Waals surface area contributed by atoms with Crippen molar-refractivity contribution in [1.82, 2.24) is 15.3 Å². The first-order valence-electron chi connectivity index (χ1n) is 14.2. The van der Waals surface area contributed by atoms with Crippen LogP contribution in [0.3, 0.4) is 0 Å². The summed E-state index contributed by atoms with van der Waals surface area (Å²) >= 11 is 0. The van der Waals surface area contributed by atoms with Crippen LogP contribution in [0, 0.1) is 18.6 Å². The van der Waals surface area contributed by atoms with Gasteiger partial charge in [-0.2, -0.15) is 0 Å². The zero-order valence-electron chi connectivity index (χ0n) is 25.3. The Labute approximate surface area is 265 Å². The van der Waals surface area contributed by atoms with E-state index in [1.165, 1.54) is 30.3 Å². The number of hydrogen-bond donors (Lipinski definition) is 2. The molecule has 0 aliphatic rings. The van der Waals surface area contributed by atoms with Gasteiger partial charge < -0.3 is 15.5 Å². The SMILES string of the molecule is CNCc1cc2cc(-c3ccc(C=O)cn3)cc(-c3ccc(F)cc3)c2o1.Cc1ccc(F)cc1.Nc1ccc(/C=C/C=O)cn1. The maximum absolute atomic E-state index is 13.4. The zero-order valence-corrected chi connectivity index (χ0v) is 25.3. The van der Waals surface area contributed by atoms with E-state index in [4.69, 9.17) is 10.2 Å². The summed E-state index contributed by atoms with van der Waals surface area (Å²) in [6.45, 7) is 2.54. The van der Waals surface area contributed by atoms with Crippen LogP contribution in [0.2, 0.25) is 0 Å². The van der Waals surface area contributed by atoms with E-state index in [9.17, 15) is 18.4 Å². The maximum Gasteiger partial charge on any atom is 0.151 e. The van der Waals surface area contributed by atoms with Crippen molar-refractivity contribution < 1.29 is 22.8 Å². The smallest absolute Gasteiger partial charge is 0.151 e. The molecule has 0 bridgehead atoms. The zero-order chi connectivity index (χ0) is 32.9. The van der Waals surface area contributed by atoms with E-state index in [1.54, 1.807) is 60.9 Å². The van der Waals surface area contributed by atoms with Crippen LogP contribution in [0.5, 0.6) is 0 Å². The van der Waals surface area contributed by atoms with Gasteiger partial charge >= 0.3 is 0 Å². The topological polar surface area (TPSA) is 111 Å². The number of benzene rings is 3. The number of halogens is 2. The Hall–Kier alpha value is -5.80. The molecule has 0 spiro atoms.